The van der Waals surface area contributed by atoms with Crippen LogP contribution in [0.5, 0.6) is 5.75 Å². The summed E-state index contributed by atoms with van der Waals surface area (Å²) >= 11 is 0. The Morgan fingerprint density at radius 3 is 2.36 bits per heavy atom. The summed E-state index contributed by atoms with van der Waals surface area (Å²) in [5, 5.41) is 3.04. The first-order valence-corrected chi connectivity index (χ1v) is 10.1. The smallest absolute Gasteiger partial charge is 0.234 e. The van der Waals surface area contributed by atoms with E-state index in [0.29, 0.717) is 13.1 Å². The molecule has 1 amide bonds. The molecule has 3 rings (SSSR count). The van der Waals surface area contributed by atoms with Crippen LogP contribution in [-0.2, 0) is 17.6 Å². The third-order valence-electron chi connectivity index (χ3n) is 5.30. The Labute approximate surface area is 168 Å². The van der Waals surface area contributed by atoms with Gasteiger partial charge in [-0.15, -0.1) is 0 Å². The second-order valence-electron chi connectivity index (χ2n) is 7.27. The zero-order valence-electron chi connectivity index (χ0n) is 16.8. The second kappa shape index (κ2) is 10.8. The number of hydrogen-bond donors (Lipinski definition) is 1. The van der Waals surface area contributed by atoms with E-state index in [1.165, 1.54) is 5.56 Å². The molecular formula is C23H31N3O2. The Hall–Kier alpha value is -2.37. The number of amides is 1. The van der Waals surface area contributed by atoms with E-state index in [9.17, 15) is 4.79 Å². The van der Waals surface area contributed by atoms with Crippen molar-refractivity contribution < 1.29 is 9.53 Å². The highest BCUT2D eigenvalue weighted by Gasteiger charge is 2.18. The lowest BCUT2D eigenvalue weighted by molar-refractivity contribution is -0.122. The highest BCUT2D eigenvalue weighted by molar-refractivity contribution is 5.78. The average molecular weight is 382 g/mol. The molecule has 2 aromatic carbocycles. The van der Waals surface area contributed by atoms with Gasteiger partial charge >= 0.3 is 0 Å². The highest BCUT2D eigenvalue weighted by Crippen LogP contribution is 2.17. The largest absolute Gasteiger partial charge is 0.496 e. The van der Waals surface area contributed by atoms with Crippen molar-refractivity contribution in [1.29, 1.82) is 0 Å². The minimum absolute atomic E-state index is 0.104. The van der Waals surface area contributed by atoms with E-state index in [0.717, 1.165) is 56.9 Å². The normalized spacial score (nSPS) is 15.3. The molecule has 0 saturated carbocycles. The summed E-state index contributed by atoms with van der Waals surface area (Å²) in [5.41, 5.74) is 2.51. The van der Waals surface area contributed by atoms with Crippen LogP contribution in [0.3, 0.4) is 0 Å². The van der Waals surface area contributed by atoms with Gasteiger partial charge in [-0.2, -0.15) is 0 Å². The van der Waals surface area contributed by atoms with Gasteiger partial charge in [-0.3, -0.25) is 9.69 Å². The molecular weight excluding hydrogens is 350 g/mol. The molecule has 1 saturated heterocycles. The van der Waals surface area contributed by atoms with Crippen LogP contribution >= 0.6 is 0 Å². The first kappa shape index (κ1) is 20.4. The van der Waals surface area contributed by atoms with Crippen molar-refractivity contribution in [3.8, 4) is 5.75 Å². The summed E-state index contributed by atoms with van der Waals surface area (Å²) in [4.78, 5) is 17.0. The van der Waals surface area contributed by atoms with Gasteiger partial charge in [-0.05, 0) is 30.0 Å². The summed E-state index contributed by atoms with van der Waals surface area (Å²) in [5.74, 6) is 0.982. The van der Waals surface area contributed by atoms with Gasteiger partial charge in [0.2, 0.25) is 5.91 Å². The molecule has 1 fully saturated rings. The Kier molecular flexibility index (Phi) is 7.88. The van der Waals surface area contributed by atoms with E-state index in [4.69, 9.17) is 4.74 Å². The third-order valence-corrected chi connectivity index (χ3v) is 5.30. The van der Waals surface area contributed by atoms with Crippen LogP contribution in [-0.4, -0.2) is 68.6 Å². The van der Waals surface area contributed by atoms with E-state index in [-0.39, 0.29) is 5.91 Å². The predicted octanol–water partition coefficient (Wildman–Crippen LogP) is 2.21. The standard InChI is InChI=1S/C23H31N3O2/c1-28-22-10-6-5-9-21(22)11-13-24-23(27)19-26-17-15-25(16-18-26)14-12-20-7-3-2-4-8-20/h2-10H,11-19H2,1H3,(H,24,27). The Morgan fingerprint density at radius 2 is 1.61 bits per heavy atom. The lowest BCUT2D eigenvalue weighted by Crippen LogP contribution is -2.49. The Bertz CT molecular complexity index is 728. The van der Waals surface area contributed by atoms with Crippen molar-refractivity contribution in [1.82, 2.24) is 15.1 Å². The number of hydrogen-bond acceptors (Lipinski definition) is 4. The molecule has 0 aromatic heterocycles. The molecule has 5 nitrogen and oxygen atoms in total. The summed E-state index contributed by atoms with van der Waals surface area (Å²) < 4.78 is 5.36. The Balaban J connectivity index is 1.31. The summed E-state index contributed by atoms with van der Waals surface area (Å²) in [7, 11) is 1.68. The fraction of sp³-hybridized carbons (Fsp3) is 0.435. The average Bonchev–Trinajstić information content (AvgIpc) is 2.74. The van der Waals surface area contributed by atoms with Crippen molar-refractivity contribution in [2.24, 2.45) is 0 Å². The lowest BCUT2D eigenvalue weighted by Gasteiger charge is -2.34. The van der Waals surface area contributed by atoms with Crippen LogP contribution in [0, 0.1) is 0 Å². The van der Waals surface area contributed by atoms with Crippen molar-refractivity contribution in [2.45, 2.75) is 12.8 Å². The highest BCUT2D eigenvalue weighted by atomic mass is 16.5. The first-order valence-electron chi connectivity index (χ1n) is 10.1. The molecule has 1 aliphatic rings. The van der Waals surface area contributed by atoms with Gasteiger partial charge < -0.3 is 15.0 Å². The van der Waals surface area contributed by atoms with E-state index in [1.54, 1.807) is 7.11 Å². The van der Waals surface area contributed by atoms with Gasteiger partial charge in [0.25, 0.3) is 0 Å². The van der Waals surface area contributed by atoms with E-state index >= 15 is 0 Å². The van der Waals surface area contributed by atoms with Crippen LogP contribution in [0.2, 0.25) is 0 Å². The molecule has 28 heavy (non-hydrogen) atoms. The Morgan fingerprint density at radius 1 is 0.929 bits per heavy atom. The van der Waals surface area contributed by atoms with Crippen molar-refractivity contribution in [3.63, 3.8) is 0 Å². The zero-order chi connectivity index (χ0) is 19.6. The fourth-order valence-electron chi connectivity index (χ4n) is 3.61. The molecule has 1 N–H and O–H groups in total. The number of rotatable bonds is 9. The number of methoxy groups -OCH3 is 1. The minimum atomic E-state index is 0.104. The maximum absolute atomic E-state index is 12.3. The van der Waals surface area contributed by atoms with Crippen LogP contribution in [0.1, 0.15) is 11.1 Å². The molecule has 0 atom stereocenters. The number of para-hydroxylation sites is 1. The summed E-state index contributed by atoms with van der Waals surface area (Å²) in [6, 6.07) is 18.6. The second-order valence-corrected chi connectivity index (χ2v) is 7.27. The number of carbonyl (C=O) groups excluding carboxylic acids is 1. The number of benzene rings is 2. The van der Waals surface area contributed by atoms with Crippen molar-refractivity contribution in [2.75, 3.05) is 52.9 Å². The molecule has 5 heteroatoms. The van der Waals surface area contributed by atoms with Gasteiger partial charge in [0.1, 0.15) is 5.75 Å². The van der Waals surface area contributed by atoms with E-state index in [1.807, 2.05) is 24.3 Å². The van der Waals surface area contributed by atoms with E-state index in [2.05, 4.69) is 45.4 Å². The molecule has 0 bridgehead atoms. The number of nitrogens with zero attached hydrogens (tertiary/aromatic N) is 2. The fourth-order valence-corrected chi connectivity index (χ4v) is 3.61. The van der Waals surface area contributed by atoms with Gasteiger partial charge in [0.15, 0.2) is 0 Å². The number of piperazine rings is 1. The van der Waals surface area contributed by atoms with Gasteiger partial charge in [-0.1, -0.05) is 48.5 Å². The lowest BCUT2D eigenvalue weighted by atomic mass is 10.1. The zero-order valence-corrected chi connectivity index (χ0v) is 16.8. The molecule has 1 heterocycles. The van der Waals surface area contributed by atoms with Gasteiger partial charge in [-0.25, -0.2) is 0 Å². The van der Waals surface area contributed by atoms with Crippen LogP contribution in [0.4, 0.5) is 0 Å². The summed E-state index contributed by atoms with van der Waals surface area (Å²) in [6.07, 6.45) is 1.87. The summed E-state index contributed by atoms with van der Waals surface area (Å²) in [6.45, 7) is 6.17. The van der Waals surface area contributed by atoms with Crippen molar-refractivity contribution >= 4 is 5.91 Å². The quantitative estimate of drug-likeness (QED) is 0.723. The van der Waals surface area contributed by atoms with Gasteiger partial charge in [0.05, 0.1) is 13.7 Å². The number of nitrogens with one attached hydrogen (secondary N) is 1. The van der Waals surface area contributed by atoms with Crippen molar-refractivity contribution in [3.05, 3.63) is 65.7 Å². The molecule has 2 aromatic rings. The maximum Gasteiger partial charge on any atom is 0.234 e. The topological polar surface area (TPSA) is 44.8 Å². The van der Waals surface area contributed by atoms with Crippen LogP contribution in [0.15, 0.2) is 54.6 Å². The first-order chi connectivity index (χ1) is 13.7. The van der Waals surface area contributed by atoms with E-state index < -0.39 is 0 Å². The monoisotopic (exact) mass is 381 g/mol. The molecule has 150 valence electrons. The SMILES string of the molecule is COc1ccccc1CCNC(=O)CN1CCN(CCc2ccccc2)CC1. The predicted molar refractivity (Wildman–Crippen MR) is 113 cm³/mol. The maximum atomic E-state index is 12.3. The third kappa shape index (κ3) is 6.36. The molecule has 0 unspecified atom stereocenters. The van der Waals surface area contributed by atoms with Crippen LogP contribution < -0.4 is 10.1 Å². The van der Waals surface area contributed by atoms with Crippen LogP contribution in [0.25, 0.3) is 0 Å². The molecule has 0 spiro atoms. The minimum Gasteiger partial charge on any atom is -0.496 e. The number of carbonyl (C=O) groups is 1. The molecule has 0 aliphatic carbocycles. The molecule has 1 aliphatic heterocycles. The van der Waals surface area contributed by atoms with Gasteiger partial charge in [0, 0.05) is 39.3 Å². The number of ether oxygens (including phenoxy) is 1. The molecule has 0 radical (unpaired) electrons.